The van der Waals surface area contributed by atoms with E-state index < -0.39 is 0 Å². The van der Waals surface area contributed by atoms with Crippen molar-refractivity contribution in [1.29, 1.82) is 0 Å². The molecule has 2 aliphatic rings. The number of likely N-dealkylation sites (tertiary alicyclic amines) is 1. The smallest absolute Gasteiger partial charge is 0.216 e. The van der Waals surface area contributed by atoms with Crippen LogP contribution >= 0.6 is 0 Å². The number of hydrogen-bond donors (Lipinski definition) is 0. The summed E-state index contributed by atoms with van der Waals surface area (Å²) in [5.41, 5.74) is 0.908. The number of ether oxygens (including phenoxy) is 2. The third kappa shape index (κ3) is 4.25. The van der Waals surface area contributed by atoms with Crippen molar-refractivity contribution in [2.75, 3.05) is 26.3 Å². The van der Waals surface area contributed by atoms with Gasteiger partial charge in [-0.15, -0.1) is 0 Å². The molecule has 4 heteroatoms. The van der Waals surface area contributed by atoms with Crippen LogP contribution in [0, 0.1) is 0 Å². The van der Waals surface area contributed by atoms with Gasteiger partial charge in [0.25, 0.3) is 0 Å². The number of benzene rings is 1. The van der Waals surface area contributed by atoms with Crippen molar-refractivity contribution < 1.29 is 9.47 Å². The average molecular weight is 316 g/mol. The van der Waals surface area contributed by atoms with E-state index in [0.717, 1.165) is 42.8 Å². The maximum absolute atomic E-state index is 5.85. The van der Waals surface area contributed by atoms with Crippen LogP contribution in [0.1, 0.15) is 45.6 Å². The molecule has 1 aromatic rings. The minimum absolute atomic E-state index is 0.114. The predicted octanol–water partition coefficient (Wildman–Crippen LogP) is 3.50. The van der Waals surface area contributed by atoms with Crippen molar-refractivity contribution in [1.82, 2.24) is 4.90 Å². The van der Waals surface area contributed by atoms with Gasteiger partial charge >= 0.3 is 0 Å². The van der Waals surface area contributed by atoms with Crippen LogP contribution in [0.4, 0.5) is 0 Å². The minimum Gasteiger partial charge on any atom is -0.494 e. The molecule has 0 amide bonds. The second-order valence-corrected chi connectivity index (χ2v) is 7.27. The van der Waals surface area contributed by atoms with Gasteiger partial charge in [0.2, 0.25) is 5.90 Å². The Bertz CT molecular complexity index is 551. The van der Waals surface area contributed by atoms with Crippen molar-refractivity contribution >= 4 is 5.90 Å². The molecule has 0 spiro atoms. The molecule has 3 rings (SSSR count). The lowest BCUT2D eigenvalue weighted by molar-refractivity contribution is 0.230. The monoisotopic (exact) mass is 316 g/mol. The van der Waals surface area contributed by atoms with Crippen LogP contribution in [0.25, 0.3) is 0 Å². The molecule has 126 valence electrons. The largest absolute Gasteiger partial charge is 0.494 e. The van der Waals surface area contributed by atoms with Gasteiger partial charge in [0.05, 0.1) is 12.1 Å². The van der Waals surface area contributed by atoms with Crippen LogP contribution < -0.4 is 4.74 Å². The molecule has 1 saturated heterocycles. The van der Waals surface area contributed by atoms with Crippen LogP contribution in [0.15, 0.2) is 29.3 Å². The summed E-state index contributed by atoms with van der Waals surface area (Å²) >= 11 is 0. The van der Waals surface area contributed by atoms with Crippen molar-refractivity contribution in [3.63, 3.8) is 0 Å². The van der Waals surface area contributed by atoms with E-state index in [1.54, 1.807) is 0 Å². The summed E-state index contributed by atoms with van der Waals surface area (Å²) in [6, 6.07) is 8.80. The fourth-order valence-electron chi connectivity index (χ4n) is 3.21. The fourth-order valence-corrected chi connectivity index (χ4v) is 3.21. The fraction of sp³-hybridized carbons (Fsp3) is 0.632. The highest BCUT2D eigenvalue weighted by atomic mass is 16.5. The maximum Gasteiger partial charge on any atom is 0.216 e. The molecule has 0 N–H and O–H groups in total. The Morgan fingerprint density at radius 2 is 2.09 bits per heavy atom. The minimum atomic E-state index is -0.114. The van der Waals surface area contributed by atoms with Crippen LogP contribution in [-0.2, 0) is 4.74 Å². The van der Waals surface area contributed by atoms with Crippen LogP contribution in [-0.4, -0.2) is 48.7 Å². The summed E-state index contributed by atoms with van der Waals surface area (Å²) in [5, 5.41) is 0. The van der Waals surface area contributed by atoms with Gasteiger partial charge in [-0.05, 0) is 70.8 Å². The van der Waals surface area contributed by atoms with Gasteiger partial charge in [-0.25, -0.2) is 4.99 Å². The Morgan fingerprint density at radius 3 is 2.70 bits per heavy atom. The second-order valence-electron chi connectivity index (χ2n) is 7.27. The van der Waals surface area contributed by atoms with E-state index in [0.29, 0.717) is 6.61 Å². The molecule has 0 saturated carbocycles. The SMILES string of the molecule is CC1CCCN1CCCOc1ccc(C2=NC(C)(C)CO2)cc1. The molecule has 2 heterocycles. The number of aliphatic imine (C=N–C) groups is 1. The van der Waals surface area contributed by atoms with Crippen molar-refractivity contribution in [3.8, 4) is 5.75 Å². The Balaban J connectivity index is 1.45. The van der Waals surface area contributed by atoms with Crippen molar-refractivity contribution in [3.05, 3.63) is 29.8 Å². The van der Waals surface area contributed by atoms with Gasteiger partial charge in [0, 0.05) is 18.2 Å². The number of rotatable bonds is 6. The topological polar surface area (TPSA) is 34.1 Å². The van der Waals surface area contributed by atoms with Gasteiger partial charge in [0.1, 0.15) is 12.4 Å². The third-order valence-electron chi connectivity index (χ3n) is 4.62. The first-order valence-corrected chi connectivity index (χ1v) is 8.73. The van der Waals surface area contributed by atoms with Gasteiger partial charge in [-0.3, -0.25) is 0 Å². The first kappa shape index (κ1) is 16.3. The molecule has 1 aromatic carbocycles. The second kappa shape index (κ2) is 6.91. The number of hydrogen-bond acceptors (Lipinski definition) is 4. The van der Waals surface area contributed by atoms with E-state index in [4.69, 9.17) is 9.47 Å². The molecule has 1 atom stereocenters. The van der Waals surface area contributed by atoms with E-state index in [1.165, 1.54) is 19.4 Å². The summed E-state index contributed by atoms with van der Waals surface area (Å²) < 4.78 is 11.5. The summed E-state index contributed by atoms with van der Waals surface area (Å²) in [6.07, 6.45) is 3.76. The van der Waals surface area contributed by atoms with E-state index in [1.807, 2.05) is 24.3 Å². The quantitative estimate of drug-likeness (QED) is 0.753. The molecule has 0 aliphatic carbocycles. The first-order valence-electron chi connectivity index (χ1n) is 8.73. The maximum atomic E-state index is 5.85. The highest BCUT2D eigenvalue weighted by molar-refractivity contribution is 5.95. The van der Waals surface area contributed by atoms with Gasteiger partial charge in [0.15, 0.2) is 0 Å². The van der Waals surface area contributed by atoms with E-state index in [-0.39, 0.29) is 5.54 Å². The molecular weight excluding hydrogens is 288 g/mol. The Labute approximate surface area is 139 Å². The standard InChI is InChI=1S/C19H28N2O2/c1-15-6-4-11-21(15)12-5-13-22-17-9-7-16(8-10-17)18-20-19(2,3)14-23-18/h7-10,15H,4-6,11-14H2,1-3H3. The summed E-state index contributed by atoms with van der Waals surface area (Å²) in [5.74, 6) is 1.66. The zero-order valence-corrected chi connectivity index (χ0v) is 14.5. The molecule has 1 unspecified atom stereocenters. The molecule has 0 bridgehead atoms. The van der Waals surface area contributed by atoms with E-state index >= 15 is 0 Å². The highest BCUT2D eigenvalue weighted by Gasteiger charge is 2.26. The van der Waals surface area contributed by atoms with Gasteiger partial charge in [-0.2, -0.15) is 0 Å². The Hall–Kier alpha value is -1.55. The lowest BCUT2D eigenvalue weighted by Crippen LogP contribution is -2.28. The zero-order valence-electron chi connectivity index (χ0n) is 14.5. The Morgan fingerprint density at radius 1 is 1.30 bits per heavy atom. The van der Waals surface area contributed by atoms with Crippen LogP contribution in [0.2, 0.25) is 0 Å². The third-order valence-corrected chi connectivity index (χ3v) is 4.62. The van der Waals surface area contributed by atoms with Gasteiger partial charge in [-0.1, -0.05) is 0 Å². The van der Waals surface area contributed by atoms with Gasteiger partial charge < -0.3 is 14.4 Å². The number of nitrogens with zero attached hydrogens (tertiary/aromatic N) is 2. The van der Waals surface area contributed by atoms with Crippen molar-refractivity contribution in [2.45, 2.75) is 51.6 Å². The predicted molar refractivity (Wildman–Crippen MR) is 93.4 cm³/mol. The molecule has 4 nitrogen and oxygen atoms in total. The molecule has 1 fully saturated rings. The van der Waals surface area contributed by atoms with E-state index in [2.05, 4.69) is 30.7 Å². The molecule has 0 aromatic heterocycles. The normalized spacial score (nSPS) is 23.6. The Kier molecular flexibility index (Phi) is 4.90. The lowest BCUT2D eigenvalue weighted by Gasteiger charge is -2.20. The van der Waals surface area contributed by atoms with Crippen LogP contribution in [0.3, 0.4) is 0 Å². The molecule has 23 heavy (non-hydrogen) atoms. The average Bonchev–Trinajstić information content (AvgIpc) is 3.10. The molecule has 0 radical (unpaired) electrons. The summed E-state index contributed by atoms with van der Waals surface area (Å²) in [4.78, 5) is 7.15. The molecular formula is C19H28N2O2. The lowest BCUT2D eigenvalue weighted by atomic mass is 10.1. The highest BCUT2D eigenvalue weighted by Crippen LogP contribution is 2.22. The summed E-state index contributed by atoms with van der Waals surface area (Å²) in [7, 11) is 0. The van der Waals surface area contributed by atoms with E-state index in [9.17, 15) is 0 Å². The molecule has 2 aliphatic heterocycles. The van der Waals surface area contributed by atoms with Crippen LogP contribution in [0.5, 0.6) is 5.75 Å². The first-order chi connectivity index (χ1) is 11.0. The zero-order chi connectivity index (χ0) is 16.3. The van der Waals surface area contributed by atoms with Crippen molar-refractivity contribution in [2.24, 2.45) is 4.99 Å². The summed E-state index contributed by atoms with van der Waals surface area (Å²) in [6.45, 7) is 10.3.